The molecule has 17 heavy (non-hydrogen) atoms. The fourth-order valence-corrected chi connectivity index (χ4v) is 1.74. The Labute approximate surface area is 105 Å². The molecule has 0 unspecified atom stereocenters. The summed E-state index contributed by atoms with van der Waals surface area (Å²) in [5, 5.41) is 24.8. The number of nitrogens with one attached hydrogen (secondary N) is 1. The van der Waals surface area contributed by atoms with E-state index in [1.54, 1.807) is 0 Å². The van der Waals surface area contributed by atoms with Gasteiger partial charge in [-0.15, -0.1) is 0 Å². The van der Waals surface area contributed by atoms with E-state index in [1.165, 1.54) is 18.2 Å². The number of benzene rings is 1. The molecule has 1 aromatic carbocycles. The van der Waals surface area contributed by atoms with Gasteiger partial charge in [-0.2, -0.15) is 5.10 Å². The zero-order valence-corrected chi connectivity index (χ0v) is 9.75. The van der Waals surface area contributed by atoms with E-state index >= 15 is 0 Å². The lowest BCUT2D eigenvalue weighted by atomic mass is 10.1. The average Bonchev–Trinajstić information content (AvgIpc) is 2.32. The largest absolute Gasteiger partial charge is 0.506 e. The Morgan fingerprint density at radius 2 is 1.88 bits per heavy atom. The first-order chi connectivity index (χ1) is 8.00. The first-order valence-corrected chi connectivity index (χ1v) is 5.22. The minimum atomic E-state index is -0.404. The number of rotatable bonds is 1. The average molecular weight is 273 g/mol. The van der Waals surface area contributed by atoms with Crippen LogP contribution in [-0.2, 0) is 0 Å². The number of aromatic nitrogens is 2. The van der Waals surface area contributed by atoms with Crippen LogP contribution in [0.25, 0.3) is 11.3 Å². The fraction of sp³-hybridized carbons (Fsp3) is 0. The van der Waals surface area contributed by atoms with Crippen LogP contribution in [0.1, 0.15) is 0 Å². The minimum Gasteiger partial charge on any atom is -0.506 e. The zero-order chi connectivity index (χ0) is 12.6. The molecule has 0 aliphatic heterocycles. The second kappa shape index (κ2) is 4.27. The molecule has 3 N–H and O–H groups in total. The van der Waals surface area contributed by atoms with Gasteiger partial charge in [0.05, 0.1) is 10.7 Å². The number of aromatic hydroxyl groups is 2. The van der Waals surface area contributed by atoms with Gasteiger partial charge in [-0.3, -0.25) is 4.79 Å². The second-order valence-corrected chi connectivity index (χ2v) is 4.01. The summed E-state index contributed by atoms with van der Waals surface area (Å²) in [4.78, 5) is 10.9. The molecule has 2 rings (SSSR count). The van der Waals surface area contributed by atoms with Crippen LogP contribution in [0.5, 0.6) is 11.5 Å². The summed E-state index contributed by atoms with van der Waals surface area (Å²) in [5.41, 5.74) is 0.129. The molecular weight excluding hydrogens is 267 g/mol. The van der Waals surface area contributed by atoms with Crippen molar-refractivity contribution in [3.8, 4) is 22.8 Å². The summed E-state index contributed by atoms with van der Waals surface area (Å²) in [7, 11) is 0. The van der Waals surface area contributed by atoms with Crippen LogP contribution in [0.15, 0.2) is 23.0 Å². The van der Waals surface area contributed by atoms with Gasteiger partial charge in [0.25, 0.3) is 5.56 Å². The molecule has 0 fully saturated rings. The zero-order valence-electron chi connectivity index (χ0n) is 8.24. The molecule has 88 valence electrons. The van der Waals surface area contributed by atoms with Gasteiger partial charge in [-0.1, -0.05) is 23.2 Å². The maximum atomic E-state index is 10.9. The third-order valence-corrected chi connectivity index (χ3v) is 2.77. The smallest absolute Gasteiger partial charge is 0.264 e. The molecule has 0 atom stereocenters. The molecule has 0 aliphatic carbocycles. The van der Waals surface area contributed by atoms with Crippen LogP contribution < -0.4 is 5.56 Å². The molecule has 1 aromatic heterocycles. The standard InChI is InChI=1S/C10H6Cl2N2O3/c11-5-3-4(9(16)8(12)10(5)17)6-1-2-7(15)14-13-6/h1-3,16-17H,(H,14,15). The Morgan fingerprint density at radius 3 is 2.47 bits per heavy atom. The van der Waals surface area contributed by atoms with E-state index in [-0.39, 0.29) is 32.6 Å². The maximum Gasteiger partial charge on any atom is 0.264 e. The molecule has 0 amide bonds. The van der Waals surface area contributed by atoms with Crippen LogP contribution in [0, 0.1) is 0 Å². The molecule has 1 heterocycles. The monoisotopic (exact) mass is 272 g/mol. The molecule has 0 bridgehead atoms. The second-order valence-electron chi connectivity index (χ2n) is 3.22. The number of halogens is 2. The van der Waals surface area contributed by atoms with E-state index in [9.17, 15) is 15.0 Å². The van der Waals surface area contributed by atoms with Crippen molar-refractivity contribution in [2.45, 2.75) is 0 Å². The van der Waals surface area contributed by atoms with Gasteiger partial charge >= 0.3 is 0 Å². The quantitative estimate of drug-likeness (QED) is 0.743. The number of nitrogens with zero attached hydrogens (tertiary/aromatic N) is 1. The SMILES string of the molecule is O=c1ccc(-c2cc(Cl)c(O)c(Cl)c2O)n[nH]1. The van der Waals surface area contributed by atoms with Crippen LogP contribution in [0.3, 0.4) is 0 Å². The predicted molar refractivity (Wildman–Crippen MR) is 63.6 cm³/mol. The Hall–Kier alpha value is -1.72. The van der Waals surface area contributed by atoms with Crippen molar-refractivity contribution < 1.29 is 10.2 Å². The third kappa shape index (κ3) is 2.07. The van der Waals surface area contributed by atoms with Crippen LogP contribution in [0.2, 0.25) is 10.0 Å². The van der Waals surface area contributed by atoms with Crippen LogP contribution in [0.4, 0.5) is 0 Å². The maximum absolute atomic E-state index is 10.9. The lowest BCUT2D eigenvalue weighted by Crippen LogP contribution is -2.05. The fourth-order valence-electron chi connectivity index (χ4n) is 1.29. The summed E-state index contributed by atoms with van der Waals surface area (Å²) in [6.07, 6.45) is 0. The Morgan fingerprint density at radius 1 is 1.18 bits per heavy atom. The number of aromatic amines is 1. The summed E-state index contributed by atoms with van der Waals surface area (Å²) in [6.45, 7) is 0. The van der Waals surface area contributed by atoms with Crippen molar-refractivity contribution in [2.24, 2.45) is 0 Å². The Balaban J connectivity index is 2.68. The molecular formula is C10H6Cl2N2O3. The Kier molecular flexibility index (Phi) is 2.95. The molecule has 0 saturated carbocycles. The van der Waals surface area contributed by atoms with Gasteiger partial charge in [-0.25, -0.2) is 5.10 Å². The van der Waals surface area contributed by atoms with Gasteiger partial charge < -0.3 is 10.2 Å². The summed E-state index contributed by atoms with van der Waals surface area (Å²) < 4.78 is 0. The minimum absolute atomic E-state index is 0.0178. The number of hydrogen-bond acceptors (Lipinski definition) is 4. The predicted octanol–water partition coefficient (Wildman–Crippen LogP) is 2.15. The molecule has 0 spiro atoms. The highest BCUT2D eigenvalue weighted by Crippen LogP contribution is 2.44. The van der Waals surface area contributed by atoms with Crippen molar-refractivity contribution in [3.63, 3.8) is 0 Å². The molecule has 5 nitrogen and oxygen atoms in total. The van der Waals surface area contributed by atoms with E-state index in [1.807, 2.05) is 0 Å². The molecule has 0 aliphatic rings. The van der Waals surface area contributed by atoms with Crippen molar-refractivity contribution in [3.05, 3.63) is 38.6 Å². The lowest BCUT2D eigenvalue weighted by Gasteiger charge is -2.08. The molecule has 7 heteroatoms. The van der Waals surface area contributed by atoms with Gasteiger partial charge in [0, 0.05) is 11.6 Å². The first-order valence-electron chi connectivity index (χ1n) is 4.46. The highest BCUT2D eigenvalue weighted by atomic mass is 35.5. The summed E-state index contributed by atoms with van der Waals surface area (Å²) >= 11 is 11.4. The third-order valence-electron chi connectivity index (χ3n) is 2.12. The van der Waals surface area contributed by atoms with Crippen molar-refractivity contribution in [1.82, 2.24) is 10.2 Å². The van der Waals surface area contributed by atoms with E-state index in [0.29, 0.717) is 0 Å². The van der Waals surface area contributed by atoms with Gasteiger partial charge in [-0.05, 0) is 12.1 Å². The van der Waals surface area contributed by atoms with E-state index in [4.69, 9.17) is 23.2 Å². The normalized spacial score (nSPS) is 10.5. The van der Waals surface area contributed by atoms with E-state index in [0.717, 1.165) is 0 Å². The lowest BCUT2D eigenvalue weighted by molar-refractivity contribution is 0.452. The number of phenols is 2. The van der Waals surface area contributed by atoms with Crippen molar-refractivity contribution in [2.75, 3.05) is 0 Å². The number of phenolic OH excluding ortho intramolecular Hbond substituents is 2. The van der Waals surface area contributed by atoms with Gasteiger partial charge in [0.1, 0.15) is 10.8 Å². The molecule has 0 radical (unpaired) electrons. The number of hydrogen-bond donors (Lipinski definition) is 3. The summed E-state index contributed by atoms with van der Waals surface area (Å²) in [5.74, 6) is -0.757. The molecule has 2 aromatic rings. The first kappa shape index (κ1) is 11.8. The Bertz CT molecular complexity index is 620. The van der Waals surface area contributed by atoms with Crippen LogP contribution in [-0.4, -0.2) is 20.4 Å². The van der Waals surface area contributed by atoms with Crippen LogP contribution >= 0.6 is 23.2 Å². The topological polar surface area (TPSA) is 86.2 Å². The van der Waals surface area contributed by atoms with Gasteiger partial charge in [0.15, 0.2) is 5.75 Å². The van der Waals surface area contributed by atoms with E-state index < -0.39 is 5.75 Å². The highest BCUT2D eigenvalue weighted by Gasteiger charge is 2.16. The van der Waals surface area contributed by atoms with Crippen molar-refractivity contribution >= 4 is 23.2 Å². The highest BCUT2D eigenvalue weighted by molar-refractivity contribution is 6.38. The number of H-pyrrole nitrogens is 1. The van der Waals surface area contributed by atoms with Gasteiger partial charge in [0.2, 0.25) is 0 Å². The van der Waals surface area contributed by atoms with Crippen molar-refractivity contribution in [1.29, 1.82) is 0 Å². The van der Waals surface area contributed by atoms with E-state index in [2.05, 4.69) is 10.2 Å². The molecule has 0 saturated heterocycles. The summed E-state index contributed by atoms with van der Waals surface area (Å²) in [6, 6.07) is 3.95.